The minimum Gasteiger partial charge on any atom is -0.368 e. The van der Waals surface area contributed by atoms with Crippen molar-refractivity contribution in [3.63, 3.8) is 0 Å². The first-order valence-electron chi connectivity index (χ1n) is 6.00. The number of primary amides is 1. The van der Waals surface area contributed by atoms with Crippen molar-refractivity contribution < 1.29 is 22.8 Å². The van der Waals surface area contributed by atoms with Crippen molar-refractivity contribution >= 4 is 27.7 Å². The van der Waals surface area contributed by atoms with Gasteiger partial charge in [0.25, 0.3) is 5.91 Å². The summed E-state index contributed by atoms with van der Waals surface area (Å²) in [4.78, 5) is 24.5. The highest BCUT2D eigenvalue weighted by molar-refractivity contribution is 9.10. The second-order valence-corrected chi connectivity index (χ2v) is 5.54. The summed E-state index contributed by atoms with van der Waals surface area (Å²) in [6, 6.07) is 2.39. The summed E-state index contributed by atoms with van der Waals surface area (Å²) in [5.41, 5.74) is 3.96. The summed E-state index contributed by atoms with van der Waals surface area (Å²) in [6.45, 7) is 2.92. The molecule has 0 heterocycles. The highest BCUT2D eigenvalue weighted by atomic mass is 79.9. The molecule has 4 nitrogen and oxygen atoms in total. The van der Waals surface area contributed by atoms with Crippen LogP contribution in [0, 0.1) is 0 Å². The maximum atomic E-state index is 12.7. The van der Waals surface area contributed by atoms with Crippen LogP contribution in [0.1, 0.15) is 29.8 Å². The first kappa shape index (κ1) is 17.5. The number of halogens is 4. The Labute approximate surface area is 128 Å². The van der Waals surface area contributed by atoms with E-state index in [9.17, 15) is 22.8 Å². The third-order valence-electron chi connectivity index (χ3n) is 2.73. The fraction of sp³-hybridized carbons (Fsp3) is 0.385. The first-order chi connectivity index (χ1) is 9.54. The molecule has 0 saturated carbocycles. The number of nitrogens with two attached hydrogens (primary N) is 1. The van der Waals surface area contributed by atoms with Crippen LogP contribution in [0.2, 0.25) is 0 Å². The number of carbonyl (C=O) groups is 2. The second kappa shape index (κ2) is 6.46. The number of amides is 2. The van der Waals surface area contributed by atoms with Crippen LogP contribution in [0.3, 0.4) is 0 Å². The highest BCUT2D eigenvalue weighted by Crippen LogP contribution is 2.32. The van der Waals surface area contributed by atoms with Crippen LogP contribution in [0.5, 0.6) is 0 Å². The lowest BCUT2D eigenvalue weighted by atomic mass is 10.1. The van der Waals surface area contributed by atoms with Crippen molar-refractivity contribution in [2.75, 3.05) is 6.54 Å². The number of hydrogen-bond acceptors (Lipinski definition) is 2. The van der Waals surface area contributed by atoms with Crippen molar-refractivity contribution in [2.45, 2.75) is 26.1 Å². The minimum absolute atomic E-state index is 0.167. The van der Waals surface area contributed by atoms with Gasteiger partial charge in [-0.3, -0.25) is 9.59 Å². The van der Waals surface area contributed by atoms with Gasteiger partial charge in [0.2, 0.25) is 5.91 Å². The summed E-state index contributed by atoms with van der Waals surface area (Å²) < 4.78 is 38.4. The van der Waals surface area contributed by atoms with E-state index in [0.717, 1.165) is 23.1 Å². The van der Waals surface area contributed by atoms with Gasteiger partial charge < -0.3 is 10.6 Å². The molecule has 0 unspecified atom stereocenters. The van der Waals surface area contributed by atoms with Crippen LogP contribution in [0.15, 0.2) is 22.7 Å². The van der Waals surface area contributed by atoms with E-state index in [0.29, 0.717) is 0 Å². The number of hydrogen-bond donors (Lipinski definition) is 1. The fourth-order valence-electron chi connectivity index (χ4n) is 1.68. The summed E-state index contributed by atoms with van der Waals surface area (Å²) >= 11 is 3.05. The zero-order valence-electron chi connectivity index (χ0n) is 11.4. The summed E-state index contributed by atoms with van der Waals surface area (Å²) in [6.07, 6.45) is -4.55. The van der Waals surface area contributed by atoms with Gasteiger partial charge in [-0.2, -0.15) is 13.2 Å². The minimum atomic E-state index is -4.55. The molecule has 0 fully saturated rings. The number of carbonyl (C=O) groups excluding carboxylic acids is 2. The van der Waals surface area contributed by atoms with Gasteiger partial charge in [-0.25, -0.2) is 0 Å². The lowest BCUT2D eigenvalue weighted by Crippen LogP contribution is -2.43. The van der Waals surface area contributed by atoms with Crippen molar-refractivity contribution in [1.29, 1.82) is 0 Å². The Hall–Kier alpha value is -1.57. The molecule has 0 aliphatic rings. The number of benzene rings is 1. The lowest BCUT2D eigenvalue weighted by molar-refractivity contribution is -0.137. The van der Waals surface area contributed by atoms with Crippen LogP contribution < -0.4 is 5.73 Å². The van der Waals surface area contributed by atoms with Gasteiger partial charge in [-0.1, -0.05) is 0 Å². The molecule has 0 aliphatic carbocycles. The van der Waals surface area contributed by atoms with Crippen LogP contribution in [0.4, 0.5) is 13.2 Å². The average molecular weight is 367 g/mol. The molecule has 116 valence electrons. The van der Waals surface area contributed by atoms with Gasteiger partial charge in [0.05, 0.1) is 17.7 Å². The molecule has 0 aliphatic heterocycles. The molecule has 1 aromatic carbocycles. The van der Waals surface area contributed by atoms with Gasteiger partial charge in [-0.15, -0.1) is 0 Å². The van der Waals surface area contributed by atoms with Gasteiger partial charge >= 0.3 is 6.18 Å². The van der Waals surface area contributed by atoms with Gasteiger partial charge in [0, 0.05) is 10.5 Å². The maximum absolute atomic E-state index is 12.7. The van der Waals surface area contributed by atoms with Gasteiger partial charge in [0.15, 0.2) is 0 Å². The Kier molecular flexibility index (Phi) is 5.38. The molecule has 0 bridgehead atoms. The molecule has 2 N–H and O–H groups in total. The average Bonchev–Trinajstić information content (AvgIpc) is 2.33. The monoisotopic (exact) mass is 366 g/mol. The van der Waals surface area contributed by atoms with E-state index < -0.39 is 23.6 Å². The largest absolute Gasteiger partial charge is 0.416 e. The zero-order valence-corrected chi connectivity index (χ0v) is 13.0. The highest BCUT2D eigenvalue weighted by Gasteiger charge is 2.32. The Morgan fingerprint density at radius 1 is 1.33 bits per heavy atom. The van der Waals surface area contributed by atoms with E-state index in [-0.39, 0.29) is 22.6 Å². The van der Waals surface area contributed by atoms with Crippen molar-refractivity contribution in [1.82, 2.24) is 4.90 Å². The number of alkyl halides is 3. The van der Waals surface area contributed by atoms with E-state index in [1.54, 1.807) is 13.8 Å². The van der Waals surface area contributed by atoms with Gasteiger partial charge in [0.1, 0.15) is 0 Å². The van der Waals surface area contributed by atoms with Crippen LogP contribution in [0.25, 0.3) is 0 Å². The topological polar surface area (TPSA) is 63.4 Å². The molecule has 0 spiro atoms. The van der Waals surface area contributed by atoms with E-state index in [4.69, 9.17) is 5.73 Å². The Balaban J connectivity index is 3.24. The maximum Gasteiger partial charge on any atom is 0.416 e. The molecule has 1 aromatic rings. The smallest absolute Gasteiger partial charge is 0.368 e. The molecule has 0 atom stereocenters. The van der Waals surface area contributed by atoms with E-state index >= 15 is 0 Å². The SMILES string of the molecule is CC(C)N(CC(N)=O)C(=O)c1cc(C(F)(F)F)ccc1Br. The molecule has 0 radical (unpaired) electrons. The molecule has 0 saturated heterocycles. The number of rotatable bonds is 4. The fourth-order valence-corrected chi connectivity index (χ4v) is 2.09. The molecule has 1 rings (SSSR count). The molecule has 0 aromatic heterocycles. The van der Waals surface area contributed by atoms with E-state index in [1.165, 1.54) is 0 Å². The van der Waals surface area contributed by atoms with Crippen molar-refractivity contribution in [2.24, 2.45) is 5.73 Å². The normalized spacial score (nSPS) is 11.6. The van der Waals surface area contributed by atoms with Crippen LogP contribution in [-0.2, 0) is 11.0 Å². The molecular formula is C13H14BrF3N2O2. The lowest BCUT2D eigenvalue weighted by Gasteiger charge is -2.26. The summed E-state index contributed by atoms with van der Waals surface area (Å²) in [5, 5.41) is 0. The molecule has 2 amide bonds. The molecular weight excluding hydrogens is 353 g/mol. The Morgan fingerprint density at radius 2 is 1.90 bits per heavy atom. The quantitative estimate of drug-likeness (QED) is 0.890. The summed E-state index contributed by atoms with van der Waals surface area (Å²) in [5.74, 6) is -1.43. The van der Waals surface area contributed by atoms with Gasteiger partial charge in [-0.05, 0) is 48.0 Å². The van der Waals surface area contributed by atoms with Crippen LogP contribution >= 0.6 is 15.9 Å². The molecule has 21 heavy (non-hydrogen) atoms. The number of nitrogens with zero attached hydrogens (tertiary/aromatic N) is 1. The zero-order chi connectivity index (χ0) is 16.4. The Morgan fingerprint density at radius 3 is 2.33 bits per heavy atom. The third-order valence-corrected chi connectivity index (χ3v) is 3.43. The van der Waals surface area contributed by atoms with Crippen LogP contribution in [-0.4, -0.2) is 29.3 Å². The van der Waals surface area contributed by atoms with E-state index in [1.807, 2.05) is 0 Å². The first-order valence-corrected chi connectivity index (χ1v) is 6.79. The predicted molar refractivity (Wildman–Crippen MR) is 74.5 cm³/mol. The third kappa shape index (κ3) is 4.45. The van der Waals surface area contributed by atoms with Crippen molar-refractivity contribution in [3.05, 3.63) is 33.8 Å². The molecule has 8 heteroatoms. The second-order valence-electron chi connectivity index (χ2n) is 4.69. The van der Waals surface area contributed by atoms with E-state index in [2.05, 4.69) is 15.9 Å². The predicted octanol–water partition coefficient (Wildman–Crippen LogP) is 2.80. The Bertz CT molecular complexity index is 559. The standard InChI is InChI=1S/C13H14BrF3N2O2/c1-7(2)19(6-11(18)20)12(21)9-5-8(13(15,16)17)3-4-10(9)14/h3-5,7H,6H2,1-2H3,(H2,18,20). The van der Waals surface area contributed by atoms with Crippen molar-refractivity contribution in [3.8, 4) is 0 Å². The summed E-state index contributed by atoms with van der Waals surface area (Å²) in [7, 11) is 0.